The van der Waals surface area contributed by atoms with Crippen LogP contribution in [0.15, 0.2) is 66.7 Å². The topological polar surface area (TPSA) is 117 Å². The lowest BCUT2D eigenvalue weighted by Gasteiger charge is -2.08. The van der Waals surface area contributed by atoms with E-state index in [0.29, 0.717) is 27.6 Å². The molecule has 3 aromatic carbocycles. The minimum atomic E-state index is -0.387. The zero-order valence-corrected chi connectivity index (χ0v) is 17.6. The smallest absolute Gasteiger partial charge is 0.298 e. The first-order chi connectivity index (χ1) is 16.5. The lowest BCUT2D eigenvalue weighted by Crippen LogP contribution is -2.01. The number of hydrogen-bond acceptors (Lipinski definition) is 7. The first-order valence-electron chi connectivity index (χ1n) is 10.3. The van der Waals surface area contributed by atoms with Gasteiger partial charge in [0.05, 0.1) is 11.1 Å². The third-order valence-electron chi connectivity index (χ3n) is 5.57. The number of benzene rings is 3. The number of allylic oxidation sites excluding steroid dienone is 1. The summed E-state index contributed by atoms with van der Waals surface area (Å²) in [6, 6.07) is 18.2. The summed E-state index contributed by atoms with van der Waals surface area (Å²) >= 11 is 0. The maximum atomic E-state index is 12.8. The Morgan fingerprint density at radius 3 is 2.24 bits per heavy atom. The van der Waals surface area contributed by atoms with Gasteiger partial charge in [0, 0.05) is 16.5 Å². The van der Waals surface area contributed by atoms with Crippen LogP contribution in [0.5, 0.6) is 17.2 Å². The number of aromatic hydroxyl groups is 2. The molecule has 7 heteroatoms. The third-order valence-corrected chi connectivity index (χ3v) is 5.57. The van der Waals surface area contributed by atoms with Crippen molar-refractivity contribution >= 4 is 46.6 Å². The van der Waals surface area contributed by atoms with Crippen LogP contribution in [-0.2, 0) is 4.79 Å². The number of carbonyl (C=O) groups excluding carboxylic acids is 2. The molecule has 0 unspecified atom stereocenters. The SMILES string of the molecule is O=COc1cc(/C=C/c2ccc3nc(C4=C(O)c5ccccc5C4=O)c(O)cc3c2)ccc1O. The number of pyridine rings is 1. The number of carbonyl (C=O) groups is 2. The van der Waals surface area contributed by atoms with Gasteiger partial charge in [0.2, 0.25) is 0 Å². The molecule has 0 saturated heterocycles. The largest absolute Gasteiger partial charge is 0.506 e. The predicted octanol–water partition coefficient (Wildman–Crippen LogP) is 4.97. The maximum Gasteiger partial charge on any atom is 0.298 e. The molecule has 1 aromatic heterocycles. The minimum Gasteiger partial charge on any atom is -0.506 e. The van der Waals surface area contributed by atoms with E-state index in [1.54, 1.807) is 42.5 Å². The summed E-state index contributed by atoms with van der Waals surface area (Å²) < 4.78 is 4.74. The fraction of sp³-hybridized carbons (Fsp3) is 0. The van der Waals surface area contributed by atoms with Gasteiger partial charge in [-0.2, -0.15) is 0 Å². The number of rotatable bonds is 5. The second-order valence-electron chi connectivity index (χ2n) is 7.68. The fourth-order valence-electron chi connectivity index (χ4n) is 3.93. The Labute approximate surface area is 193 Å². The van der Waals surface area contributed by atoms with Crippen molar-refractivity contribution in [3.05, 3.63) is 94.7 Å². The molecule has 0 spiro atoms. The standard InChI is InChI=1S/C27H17NO6/c29-14-34-23-12-16(8-10-21(23)30)6-5-15-7-9-20-17(11-15)13-22(31)25(28-20)24-26(32)18-3-1-2-4-19(18)27(24)33/h1-14,30-32H/b6-5+. The molecule has 0 amide bonds. The molecule has 4 aromatic rings. The second-order valence-corrected chi connectivity index (χ2v) is 7.68. The fourth-order valence-corrected chi connectivity index (χ4v) is 3.93. The normalized spacial score (nSPS) is 13.0. The Kier molecular flexibility index (Phi) is 5.07. The Hall–Kier alpha value is -4.91. The van der Waals surface area contributed by atoms with E-state index in [9.17, 15) is 24.9 Å². The number of nitrogens with zero attached hydrogens (tertiary/aromatic N) is 1. The Balaban J connectivity index is 1.49. The monoisotopic (exact) mass is 451 g/mol. The van der Waals surface area contributed by atoms with Crippen LogP contribution >= 0.6 is 0 Å². The first-order valence-corrected chi connectivity index (χ1v) is 10.3. The van der Waals surface area contributed by atoms with Crippen LogP contribution in [0.3, 0.4) is 0 Å². The lowest BCUT2D eigenvalue weighted by molar-refractivity contribution is -0.120. The van der Waals surface area contributed by atoms with Crippen LogP contribution in [0, 0.1) is 0 Å². The van der Waals surface area contributed by atoms with E-state index in [2.05, 4.69) is 4.98 Å². The van der Waals surface area contributed by atoms with Gasteiger partial charge >= 0.3 is 0 Å². The number of aliphatic hydroxyl groups excluding tert-OH is 1. The number of ether oxygens (including phenoxy) is 1. The molecule has 0 atom stereocenters. The van der Waals surface area contributed by atoms with Crippen LogP contribution in [0.2, 0.25) is 0 Å². The Morgan fingerprint density at radius 1 is 0.794 bits per heavy atom. The number of fused-ring (bicyclic) bond motifs is 2. The molecule has 0 radical (unpaired) electrons. The molecule has 1 aliphatic carbocycles. The summed E-state index contributed by atoms with van der Waals surface area (Å²) in [5, 5.41) is 31.6. The summed E-state index contributed by atoms with van der Waals surface area (Å²) in [4.78, 5) is 27.8. The second kappa shape index (κ2) is 8.22. The summed E-state index contributed by atoms with van der Waals surface area (Å²) in [7, 11) is 0. The van der Waals surface area contributed by atoms with Gasteiger partial charge in [-0.3, -0.25) is 9.59 Å². The summed E-state index contributed by atoms with van der Waals surface area (Å²) in [5.41, 5.74) is 2.84. The number of hydrogen-bond donors (Lipinski definition) is 3. The van der Waals surface area contributed by atoms with Crippen molar-refractivity contribution in [1.82, 2.24) is 4.98 Å². The zero-order chi connectivity index (χ0) is 23.8. The minimum absolute atomic E-state index is 0.0229. The summed E-state index contributed by atoms with van der Waals surface area (Å²) in [6.07, 6.45) is 3.59. The quantitative estimate of drug-likeness (QED) is 0.290. The number of aliphatic hydroxyl groups is 1. The van der Waals surface area contributed by atoms with Crippen molar-refractivity contribution in [2.45, 2.75) is 0 Å². The molecule has 166 valence electrons. The number of ketones is 1. The van der Waals surface area contributed by atoms with Crippen molar-refractivity contribution in [3.63, 3.8) is 0 Å². The molecule has 0 bridgehead atoms. The molecule has 7 nitrogen and oxygen atoms in total. The van der Waals surface area contributed by atoms with Gasteiger partial charge in [-0.05, 0) is 41.5 Å². The molecule has 0 fully saturated rings. The molecular weight excluding hydrogens is 434 g/mol. The number of aromatic nitrogens is 1. The lowest BCUT2D eigenvalue weighted by atomic mass is 10.0. The average molecular weight is 451 g/mol. The molecule has 1 aliphatic rings. The van der Waals surface area contributed by atoms with E-state index in [1.807, 2.05) is 18.2 Å². The average Bonchev–Trinajstić information content (AvgIpc) is 3.09. The van der Waals surface area contributed by atoms with Gasteiger partial charge in [-0.15, -0.1) is 0 Å². The van der Waals surface area contributed by atoms with Gasteiger partial charge in [0.25, 0.3) is 6.47 Å². The van der Waals surface area contributed by atoms with E-state index < -0.39 is 0 Å². The molecule has 0 saturated carbocycles. The van der Waals surface area contributed by atoms with Crippen LogP contribution < -0.4 is 4.74 Å². The number of phenolic OH excluding ortho intramolecular Hbond substituents is 1. The van der Waals surface area contributed by atoms with Crippen LogP contribution in [-0.4, -0.2) is 32.6 Å². The van der Waals surface area contributed by atoms with Gasteiger partial charge < -0.3 is 20.1 Å². The van der Waals surface area contributed by atoms with Gasteiger partial charge in [0.15, 0.2) is 17.3 Å². The summed E-state index contributed by atoms with van der Waals surface area (Å²) in [6.45, 7) is 0.243. The van der Waals surface area contributed by atoms with Crippen molar-refractivity contribution in [2.24, 2.45) is 0 Å². The van der Waals surface area contributed by atoms with Gasteiger partial charge in [-0.25, -0.2) is 4.98 Å². The van der Waals surface area contributed by atoms with E-state index in [-0.39, 0.29) is 46.5 Å². The van der Waals surface area contributed by atoms with E-state index in [4.69, 9.17) is 4.74 Å². The number of Topliss-reactive ketones (excluding diaryl/α,β-unsaturated/α-hetero) is 1. The van der Waals surface area contributed by atoms with Crippen LogP contribution in [0.4, 0.5) is 0 Å². The summed E-state index contributed by atoms with van der Waals surface area (Å²) in [5.74, 6) is -0.892. The van der Waals surface area contributed by atoms with E-state index in [1.165, 1.54) is 18.2 Å². The molecule has 0 aliphatic heterocycles. The van der Waals surface area contributed by atoms with Crippen molar-refractivity contribution in [2.75, 3.05) is 0 Å². The highest BCUT2D eigenvalue weighted by Gasteiger charge is 2.32. The molecule has 3 N–H and O–H groups in total. The predicted molar refractivity (Wildman–Crippen MR) is 127 cm³/mol. The highest BCUT2D eigenvalue weighted by atomic mass is 16.5. The third kappa shape index (κ3) is 3.55. The Bertz CT molecular complexity index is 1550. The van der Waals surface area contributed by atoms with Crippen LogP contribution in [0.25, 0.3) is 34.4 Å². The highest BCUT2D eigenvalue weighted by Crippen LogP contribution is 2.39. The van der Waals surface area contributed by atoms with Gasteiger partial charge in [-0.1, -0.05) is 48.6 Å². The number of phenols is 1. The first kappa shape index (κ1) is 21.0. The van der Waals surface area contributed by atoms with E-state index in [0.717, 1.165) is 5.56 Å². The van der Waals surface area contributed by atoms with Gasteiger partial charge in [0.1, 0.15) is 17.2 Å². The molecule has 1 heterocycles. The van der Waals surface area contributed by atoms with Crippen molar-refractivity contribution in [1.29, 1.82) is 0 Å². The molecule has 34 heavy (non-hydrogen) atoms. The van der Waals surface area contributed by atoms with Crippen LogP contribution in [0.1, 0.15) is 32.7 Å². The molecule has 5 rings (SSSR count). The van der Waals surface area contributed by atoms with E-state index >= 15 is 0 Å². The maximum absolute atomic E-state index is 12.8. The van der Waals surface area contributed by atoms with Crippen molar-refractivity contribution < 1.29 is 29.6 Å². The molecular formula is C27H17NO6. The Morgan fingerprint density at radius 2 is 1.50 bits per heavy atom. The van der Waals surface area contributed by atoms with Crippen molar-refractivity contribution in [3.8, 4) is 17.2 Å². The highest BCUT2D eigenvalue weighted by molar-refractivity contribution is 6.39. The zero-order valence-electron chi connectivity index (χ0n) is 17.6.